The van der Waals surface area contributed by atoms with E-state index in [0.717, 1.165) is 54.9 Å². The molecule has 0 spiro atoms. The van der Waals surface area contributed by atoms with Gasteiger partial charge in [0.2, 0.25) is 11.5 Å². The number of benzene rings is 6. The Hall–Kier alpha value is -7.06. The van der Waals surface area contributed by atoms with Crippen LogP contribution in [0.4, 0.5) is 0 Å². The maximum Gasteiger partial charge on any atom is 0.371 e. The molecule has 0 radical (unpaired) electrons. The van der Waals surface area contributed by atoms with Crippen LogP contribution >= 0.6 is 0 Å². The first-order valence-electron chi connectivity index (χ1n) is 17.1. The van der Waals surface area contributed by atoms with E-state index < -0.39 is 17.4 Å². The third-order valence-electron chi connectivity index (χ3n) is 9.95. The number of hydrogen-bond donors (Lipinski definition) is 2. The van der Waals surface area contributed by atoms with E-state index in [4.69, 9.17) is 18.3 Å². The Bertz CT molecular complexity index is 2530. The van der Waals surface area contributed by atoms with Crippen molar-refractivity contribution in [2.24, 2.45) is 0 Å². The summed E-state index contributed by atoms with van der Waals surface area (Å²) >= 11 is 0. The molecule has 2 heterocycles. The first-order chi connectivity index (χ1) is 25.9. The van der Waals surface area contributed by atoms with Gasteiger partial charge < -0.3 is 28.5 Å². The van der Waals surface area contributed by atoms with Crippen LogP contribution in [0, 0.1) is 0 Å². The minimum Gasteiger partial charge on any atom is -0.485 e. The summed E-state index contributed by atoms with van der Waals surface area (Å²) in [5.41, 5.74) is 5.52. The lowest BCUT2D eigenvalue weighted by Crippen LogP contribution is -2.29. The molecule has 258 valence electrons. The molecule has 0 aliphatic heterocycles. The highest BCUT2D eigenvalue weighted by Gasteiger charge is 2.46. The summed E-state index contributed by atoms with van der Waals surface area (Å²) < 4.78 is 24.1. The number of furan rings is 2. The van der Waals surface area contributed by atoms with Gasteiger partial charge in [0.1, 0.15) is 36.2 Å². The van der Waals surface area contributed by atoms with Crippen LogP contribution in [-0.2, 0) is 18.6 Å². The van der Waals surface area contributed by atoms with Crippen LogP contribution in [0.3, 0.4) is 0 Å². The Morgan fingerprint density at radius 2 is 0.925 bits per heavy atom. The number of carboxylic acids is 2. The molecule has 1 aliphatic rings. The van der Waals surface area contributed by atoms with Crippen molar-refractivity contribution in [1.29, 1.82) is 0 Å². The minimum atomic E-state index is -1.14. The van der Waals surface area contributed by atoms with Crippen molar-refractivity contribution in [2.45, 2.75) is 18.6 Å². The molecule has 0 unspecified atom stereocenters. The zero-order valence-electron chi connectivity index (χ0n) is 28.1. The molecule has 6 aromatic carbocycles. The van der Waals surface area contributed by atoms with Gasteiger partial charge >= 0.3 is 11.9 Å². The molecule has 0 fully saturated rings. The first kappa shape index (κ1) is 31.9. The molecule has 0 saturated carbocycles. The van der Waals surface area contributed by atoms with E-state index in [0.29, 0.717) is 23.0 Å². The fourth-order valence-electron chi connectivity index (χ4n) is 7.69. The molecule has 8 nitrogen and oxygen atoms in total. The average molecular weight is 699 g/mol. The SMILES string of the molecule is O=C(O)c1ccc(COc2cc(C3(c4cc(OCc5ccc(C(=O)O)o5)c5ccccc5c4)c4ccccc4-c4ccccc43)cc3ccccc23)o1. The summed E-state index contributed by atoms with van der Waals surface area (Å²) in [6, 6.07) is 47.6. The molecule has 0 atom stereocenters. The molecule has 2 aromatic heterocycles. The predicted octanol–water partition coefficient (Wildman–Crippen LogP) is 10.1. The lowest BCUT2D eigenvalue weighted by molar-refractivity contribution is 0.0648. The van der Waals surface area contributed by atoms with E-state index in [1.165, 1.54) is 12.1 Å². The average Bonchev–Trinajstić information content (AvgIpc) is 3.94. The number of carbonyl (C=O) groups is 2. The zero-order valence-corrected chi connectivity index (χ0v) is 28.1. The fourth-order valence-corrected chi connectivity index (χ4v) is 7.69. The van der Waals surface area contributed by atoms with Crippen LogP contribution in [0.15, 0.2) is 154 Å². The smallest absolute Gasteiger partial charge is 0.371 e. The molecule has 0 amide bonds. The normalized spacial score (nSPS) is 12.8. The van der Waals surface area contributed by atoms with Crippen molar-refractivity contribution >= 4 is 33.5 Å². The second-order valence-corrected chi connectivity index (χ2v) is 13.0. The second-order valence-electron chi connectivity index (χ2n) is 13.0. The van der Waals surface area contributed by atoms with E-state index >= 15 is 0 Å². The van der Waals surface area contributed by atoms with Crippen LogP contribution in [0.25, 0.3) is 32.7 Å². The van der Waals surface area contributed by atoms with Gasteiger partial charge in [-0.3, -0.25) is 0 Å². The van der Waals surface area contributed by atoms with Gasteiger partial charge in [-0.25, -0.2) is 9.59 Å². The third-order valence-corrected chi connectivity index (χ3v) is 9.95. The lowest BCUT2D eigenvalue weighted by atomic mass is 9.67. The highest BCUT2D eigenvalue weighted by Crippen LogP contribution is 2.57. The Balaban J connectivity index is 1.27. The molecule has 2 N–H and O–H groups in total. The van der Waals surface area contributed by atoms with Crippen LogP contribution in [-0.4, -0.2) is 22.2 Å². The first-order valence-corrected chi connectivity index (χ1v) is 17.1. The van der Waals surface area contributed by atoms with Crippen LogP contribution in [0.2, 0.25) is 0 Å². The lowest BCUT2D eigenvalue weighted by Gasteiger charge is -2.35. The van der Waals surface area contributed by atoms with Crippen LogP contribution in [0.5, 0.6) is 11.5 Å². The van der Waals surface area contributed by atoms with Gasteiger partial charge in [-0.05, 0) is 92.7 Å². The number of rotatable bonds is 10. The molecule has 9 rings (SSSR count). The Labute approximate surface area is 303 Å². The number of carboxylic acid groups (broad SMARTS) is 2. The van der Waals surface area contributed by atoms with Crippen LogP contribution < -0.4 is 9.47 Å². The Morgan fingerprint density at radius 1 is 0.509 bits per heavy atom. The van der Waals surface area contributed by atoms with E-state index in [1.807, 2.05) is 36.4 Å². The van der Waals surface area contributed by atoms with Gasteiger partial charge in [0, 0.05) is 10.8 Å². The number of fused-ring (bicyclic) bond motifs is 5. The molecular formula is C45H30O8. The Kier molecular flexibility index (Phi) is 7.59. The van der Waals surface area contributed by atoms with Gasteiger partial charge in [-0.2, -0.15) is 0 Å². The number of ether oxygens (including phenoxy) is 2. The summed E-state index contributed by atoms with van der Waals surface area (Å²) in [7, 11) is 0. The van der Waals surface area contributed by atoms with E-state index in [9.17, 15) is 19.8 Å². The zero-order chi connectivity index (χ0) is 36.1. The summed E-state index contributed by atoms with van der Waals surface area (Å²) in [5.74, 6) is -0.547. The van der Waals surface area contributed by atoms with Crippen molar-refractivity contribution in [3.8, 4) is 22.6 Å². The van der Waals surface area contributed by atoms with Gasteiger partial charge in [0.15, 0.2) is 0 Å². The molecule has 8 heteroatoms. The summed E-state index contributed by atoms with van der Waals surface area (Å²) in [4.78, 5) is 23.0. The largest absolute Gasteiger partial charge is 0.485 e. The molecule has 1 aliphatic carbocycles. The summed E-state index contributed by atoms with van der Waals surface area (Å²) in [6.07, 6.45) is 0. The second kappa shape index (κ2) is 12.6. The molecule has 8 aromatic rings. The minimum absolute atomic E-state index is 0.0330. The van der Waals surface area contributed by atoms with Crippen molar-refractivity contribution in [3.05, 3.63) is 191 Å². The van der Waals surface area contributed by atoms with Crippen molar-refractivity contribution < 1.29 is 38.1 Å². The van der Waals surface area contributed by atoms with Crippen molar-refractivity contribution in [3.63, 3.8) is 0 Å². The van der Waals surface area contributed by atoms with E-state index in [1.54, 1.807) is 12.1 Å². The topological polar surface area (TPSA) is 119 Å². The van der Waals surface area contributed by atoms with Gasteiger partial charge in [0.05, 0.1) is 5.41 Å². The van der Waals surface area contributed by atoms with E-state index in [2.05, 4.69) is 84.9 Å². The molecule has 0 bridgehead atoms. The van der Waals surface area contributed by atoms with Crippen molar-refractivity contribution in [1.82, 2.24) is 0 Å². The van der Waals surface area contributed by atoms with Gasteiger partial charge in [-0.15, -0.1) is 0 Å². The number of hydrogen-bond acceptors (Lipinski definition) is 6. The Morgan fingerprint density at radius 3 is 1.36 bits per heavy atom. The van der Waals surface area contributed by atoms with E-state index in [-0.39, 0.29) is 24.7 Å². The monoisotopic (exact) mass is 698 g/mol. The summed E-state index contributed by atoms with van der Waals surface area (Å²) in [6.45, 7) is 0.0659. The highest BCUT2D eigenvalue weighted by molar-refractivity contribution is 5.95. The maximum atomic E-state index is 11.5. The van der Waals surface area contributed by atoms with Gasteiger partial charge in [0.25, 0.3) is 0 Å². The van der Waals surface area contributed by atoms with Crippen LogP contribution in [0.1, 0.15) is 54.9 Å². The standard InChI is InChI=1S/C45H30O8/c46-43(47)39-19-17-31(52-39)25-50-41-23-29(21-27-9-1-3-11-33(27)41)45(37-15-7-5-13-35(37)36-14-6-8-16-38(36)45)30-22-28-10-2-4-12-34(28)42(24-30)51-26-32-18-20-40(53-32)44(48)49/h1-24H,25-26H2,(H,46,47)(H,48,49). The van der Waals surface area contributed by atoms with Crippen molar-refractivity contribution in [2.75, 3.05) is 0 Å². The fraction of sp³-hybridized carbons (Fsp3) is 0.0667. The molecule has 53 heavy (non-hydrogen) atoms. The molecule has 0 saturated heterocycles. The highest BCUT2D eigenvalue weighted by atomic mass is 16.5. The van der Waals surface area contributed by atoms with Gasteiger partial charge in [-0.1, -0.05) is 97.1 Å². The molecular weight excluding hydrogens is 668 g/mol. The predicted molar refractivity (Wildman–Crippen MR) is 199 cm³/mol. The maximum absolute atomic E-state index is 11.5. The number of aromatic carboxylic acids is 2. The third kappa shape index (κ3) is 5.31. The quantitative estimate of drug-likeness (QED) is 0.145. The summed E-state index contributed by atoms with van der Waals surface area (Å²) in [5, 5.41) is 22.6.